The third-order valence-corrected chi connectivity index (χ3v) is 5.31. The fourth-order valence-corrected chi connectivity index (χ4v) is 3.62. The molecule has 2 aliphatic rings. The van der Waals surface area contributed by atoms with Crippen LogP contribution in [0.3, 0.4) is 0 Å². The normalized spacial score (nSPS) is 18.4. The van der Waals surface area contributed by atoms with Gasteiger partial charge in [-0.15, -0.1) is 0 Å². The number of H-pyrrole nitrogens is 1. The van der Waals surface area contributed by atoms with Gasteiger partial charge in [-0.1, -0.05) is 0 Å². The second-order valence-corrected chi connectivity index (χ2v) is 7.36. The van der Waals surface area contributed by atoms with E-state index in [1.807, 2.05) is 24.3 Å². The highest BCUT2D eigenvalue weighted by atomic mass is 16.5. The average molecular weight is 381 g/mol. The number of nitrogens with one attached hydrogen (secondary N) is 1. The van der Waals surface area contributed by atoms with E-state index in [2.05, 4.69) is 25.1 Å². The number of aromatic amines is 1. The number of hydrogen-bond acceptors (Lipinski definition) is 7. The van der Waals surface area contributed by atoms with Gasteiger partial charge in [0.1, 0.15) is 29.2 Å². The monoisotopic (exact) mass is 381 g/mol. The summed E-state index contributed by atoms with van der Waals surface area (Å²) in [4.78, 5) is 11.1. The third kappa shape index (κ3) is 3.29. The molecule has 0 spiro atoms. The van der Waals surface area contributed by atoms with E-state index in [9.17, 15) is 0 Å². The number of anilines is 1. The van der Waals surface area contributed by atoms with Crippen LogP contribution in [0.25, 0.3) is 22.3 Å². The van der Waals surface area contributed by atoms with Gasteiger partial charge >= 0.3 is 0 Å². The van der Waals surface area contributed by atoms with Gasteiger partial charge in [-0.25, -0.2) is 9.97 Å². The van der Waals surface area contributed by atoms with Crippen LogP contribution in [0, 0.1) is 0 Å². The number of benzene rings is 1. The van der Waals surface area contributed by atoms with E-state index < -0.39 is 0 Å². The molecule has 28 heavy (non-hydrogen) atoms. The van der Waals surface area contributed by atoms with Crippen LogP contribution in [0.1, 0.15) is 12.8 Å². The number of aromatic nitrogens is 4. The van der Waals surface area contributed by atoms with E-state index in [4.69, 9.17) is 14.2 Å². The largest absolute Gasteiger partial charge is 0.485 e. The highest BCUT2D eigenvalue weighted by molar-refractivity contribution is 5.93. The standard InChI is InChI=1S/C20H23N5O3/c1-26-12-20(4-5-20)28-14-2-3-16-15(10-14)19(24-23-16)17-11-18(22-13-21-17)25-6-8-27-9-7-25/h2-3,10-11,13H,4-9,12H2,1H3,(H,23,24). The van der Waals surface area contributed by atoms with E-state index in [1.165, 1.54) is 0 Å². The molecule has 2 aromatic heterocycles. The van der Waals surface area contributed by atoms with Crippen LogP contribution in [0.15, 0.2) is 30.6 Å². The molecule has 8 nitrogen and oxygen atoms in total. The summed E-state index contributed by atoms with van der Waals surface area (Å²) in [6.45, 7) is 3.70. The van der Waals surface area contributed by atoms with Crippen LogP contribution < -0.4 is 9.64 Å². The molecule has 0 unspecified atom stereocenters. The van der Waals surface area contributed by atoms with Gasteiger partial charge in [0.15, 0.2) is 0 Å². The molecule has 3 aromatic rings. The Bertz CT molecular complexity index is 979. The minimum absolute atomic E-state index is 0.176. The molecule has 2 fully saturated rings. The van der Waals surface area contributed by atoms with E-state index in [0.717, 1.165) is 59.8 Å². The lowest BCUT2D eigenvalue weighted by Gasteiger charge is -2.27. The van der Waals surface area contributed by atoms with Crippen molar-refractivity contribution in [1.29, 1.82) is 0 Å². The lowest BCUT2D eigenvalue weighted by molar-refractivity contribution is 0.0640. The molecule has 146 valence electrons. The minimum Gasteiger partial charge on any atom is -0.485 e. The van der Waals surface area contributed by atoms with Gasteiger partial charge in [-0.3, -0.25) is 5.10 Å². The third-order valence-electron chi connectivity index (χ3n) is 5.31. The first kappa shape index (κ1) is 17.4. The van der Waals surface area contributed by atoms with Crippen molar-refractivity contribution in [2.75, 3.05) is 44.9 Å². The number of methoxy groups -OCH3 is 1. The lowest BCUT2D eigenvalue weighted by Crippen LogP contribution is -2.36. The molecule has 3 heterocycles. The topological polar surface area (TPSA) is 85.4 Å². The Morgan fingerprint density at radius 2 is 2.04 bits per heavy atom. The zero-order valence-electron chi connectivity index (χ0n) is 15.9. The van der Waals surface area contributed by atoms with E-state index in [1.54, 1.807) is 13.4 Å². The zero-order chi connectivity index (χ0) is 19.0. The maximum absolute atomic E-state index is 6.22. The van der Waals surface area contributed by atoms with Crippen LogP contribution in [0.5, 0.6) is 5.75 Å². The van der Waals surface area contributed by atoms with Crippen molar-refractivity contribution in [1.82, 2.24) is 20.2 Å². The second-order valence-electron chi connectivity index (χ2n) is 7.36. The van der Waals surface area contributed by atoms with Crippen molar-refractivity contribution in [2.45, 2.75) is 18.4 Å². The van der Waals surface area contributed by atoms with E-state index in [0.29, 0.717) is 19.8 Å². The Kier molecular flexibility index (Phi) is 4.37. The summed E-state index contributed by atoms with van der Waals surface area (Å²) in [7, 11) is 1.71. The van der Waals surface area contributed by atoms with Crippen molar-refractivity contribution in [3.63, 3.8) is 0 Å². The molecule has 5 rings (SSSR count). The zero-order valence-corrected chi connectivity index (χ0v) is 15.9. The first-order valence-corrected chi connectivity index (χ1v) is 9.58. The number of nitrogens with zero attached hydrogens (tertiary/aromatic N) is 4. The molecular weight excluding hydrogens is 358 g/mol. The van der Waals surface area contributed by atoms with Crippen LogP contribution in [-0.2, 0) is 9.47 Å². The van der Waals surface area contributed by atoms with Crippen LogP contribution in [0.2, 0.25) is 0 Å². The number of morpholine rings is 1. The SMILES string of the molecule is COCC1(Oc2ccc3[nH]nc(-c4cc(N5CCOCC5)ncn4)c3c2)CC1. The molecule has 1 aliphatic carbocycles. The molecular formula is C20H23N5O3. The maximum Gasteiger partial charge on any atom is 0.132 e. The fraction of sp³-hybridized carbons (Fsp3) is 0.450. The molecule has 0 bridgehead atoms. The molecule has 0 atom stereocenters. The van der Waals surface area contributed by atoms with Gasteiger partial charge in [0.25, 0.3) is 0 Å². The number of rotatable bonds is 6. The Morgan fingerprint density at radius 1 is 1.18 bits per heavy atom. The average Bonchev–Trinajstić information content (AvgIpc) is 3.35. The van der Waals surface area contributed by atoms with Crippen molar-refractivity contribution in [3.05, 3.63) is 30.6 Å². The van der Waals surface area contributed by atoms with Crippen molar-refractivity contribution in [3.8, 4) is 17.1 Å². The maximum atomic E-state index is 6.22. The summed E-state index contributed by atoms with van der Waals surface area (Å²) >= 11 is 0. The van der Waals surface area contributed by atoms with Crippen molar-refractivity contribution >= 4 is 16.7 Å². The molecule has 0 radical (unpaired) electrons. The van der Waals surface area contributed by atoms with Crippen LogP contribution in [0.4, 0.5) is 5.82 Å². The summed E-state index contributed by atoms with van der Waals surface area (Å²) in [5.74, 6) is 1.72. The van der Waals surface area contributed by atoms with Gasteiger partial charge < -0.3 is 19.1 Å². The van der Waals surface area contributed by atoms with Gasteiger partial charge in [0.05, 0.1) is 31.0 Å². The van der Waals surface area contributed by atoms with Crippen LogP contribution in [-0.4, -0.2) is 65.8 Å². The van der Waals surface area contributed by atoms with E-state index in [-0.39, 0.29) is 5.60 Å². The smallest absolute Gasteiger partial charge is 0.132 e. The molecule has 0 amide bonds. The summed E-state index contributed by atoms with van der Waals surface area (Å²) in [5, 5.41) is 8.58. The van der Waals surface area contributed by atoms with Gasteiger partial charge in [0, 0.05) is 31.7 Å². The van der Waals surface area contributed by atoms with Crippen molar-refractivity contribution < 1.29 is 14.2 Å². The Morgan fingerprint density at radius 3 is 2.82 bits per heavy atom. The fourth-order valence-electron chi connectivity index (χ4n) is 3.62. The molecule has 1 saturated heterocycles. The summed E-state index contributed by atoms with van der Waals surface area (Å²) in [6.07, 6.45) is 3.64. The Labute approximate surface area is 162 Å². The first-order valence-electron chi connectivity index (χ1n) is 9.58. The van der Waals surface area contributed by atoms with Gasteiger partial charge in [0.2, 0.25) is 0 Å². The second kappa shape index (κ2) is 7.03. The highest BCUT2D eigenvalue weighted by Crippen LogP contribution is 2.41. The molecule has 1 aromatic carbocycles. The van der Waals surface area contributed by atoms with E-state index >= 15 is 0 Å². The van der Waals surface area contributed by atoms with Gasteiger partial charge in [-0.05, 0) is 31.0 Å². The van der Waals surface area contributed by atoms with Gasteiger partial charge in [-0.2, -0.15) is 5.10 Å². The lowest BCUT2D eigenvalue weighted by atomic mass is 10.1. The highest BCUT2D eigenvalue weighted by Gasteiger charge is 2.45. The minimum atomic E-state index is -0.176. The molecule has 1 N–H and O–H groups in total. The molecule has 8 heteroatoms. The summed E-state index contributed by atoms with van der Waals surface area (Å²) < 4.78 is 17.0. The number of fused-ring (bicyclic) bond motifs is 1. The molecule has 1 saturated carbocycles. The number of hydrogen-bond donors (Lipinski definition) is 1. The predicted octanol–water partition coefficient (Wildman–Crippen LogP) is 2.41. The number of ether oxygens (including phenoxy) is 3. The Balaban J connectivity index is 1.46. The summed E-state index contributed by atoms with van der Waals surface area (Å²) in [5.41, 5.74) is 2.36. The summed E-state index contributed by atoms with van der Waals surface area (Å²) in [6, 6.07) is 7.98. The van der Waals surface area contributed by atoms with Crippen molar-refractivity contribution in [2.24, 2.45) is 0 Å². The molecule has 1 aliphatic heterocycles. The van der Waals surface area contributed by atoms with Crippen LogP contribution >= 0.6 is 0 Å². The first-order chi connectivity index (χ1) is 13.8. The Hall–Kier alpha value is -2.71. The predicted molar refractivity (Wildman–Crippen MR) is 105 cm³/mol. The quantitative estimate of drug-likeness (QED) is 0.702.